The van der Waals surface area contributed by atoms with Crippen molar-refractivity contribution in [1.82, 2.24) is 29.7 Å². The zero-order valence-corrected chi connectivity index (χ0v) is 19.3. The van der Waals surface area contributed by atoms with Gasteiger partial charge in [0.2, 0.25) is 5.95 Å². The fourth-order valence-corrected chi connectivity index (χ4v) is 4.17. The van der Waals surface area contributed by atoms with Gasteiger partial charge in [0.05, 0.1) is 11.9 Å². The van der Waals surface area contributed by atoms with E-state index in [4.69, 9.17) is 4.98 Å². The van der Waals surface area contributed by atoms with Crippen LogP contribution < -0.4 is 15.5 Å². The highest BCUT2D eigenvalue weighted by Gasteiger charge is 2.23. The Hall–Kier alpha value is -3.20. The lowest BCUT2D eigenvalue weighted by Crippen LogP contribution is -2.43. The molecule has 1 saturated heterocycles. The van der Waals surface area contributed by atoms with Crippen LogP contribution in [0.25, 0.3) is 11.0 Å². The Kier molecular flexibility index (Phi) is 6.55. The van der Waals surface area contributed by atoms with E-state index in [1.165, 1.54) is 0 Å². The summed E-state index contributed by atoms with van der Waals surface area (Å²) in [5.74, 6) is 1.12. The average Bonchev–Trinajstić information content (AvgIpc) is 3.19. The standard InChI is InChI=1S/C23H32N8O/c1-5-17(6-2)31-19(22(32)29(3)4)13-16-14-26-23(28-21(16)31)27-20-8-7-18(15-25-20)30-11-9-24-10-12-30/h7-8,13-15,17,24H,5-6,9-12H2,1-4H3,(H,25,26,27,28). The lowest BCUT2D eigenvalue weighted by molar-refractivity contribution is 0.0815. The Morgan fingerprint density at radius 2 is 1.91 bits per heavy atom. The van der Waals surface area contributed by atoms with Crippen molar-refractivity contribution in [3.05, 3.63) is 36.3 Å². The minimum Gasteiger partial charge on any atom is -0.368 e. The molecule has 3 aromatic heterocycles. The second-order valence-electron chi connectivity index (χ2n) is 8.31. The summed E-state index contributed by atoms with van der Waals surface area (Å²) < 4.78 is 2.06. The summed E-state index contributed by atoms with van der Waals surface area (Å²) >= 11 is 0. The molecule has 1 aliphatic heterocycles. The lowest BCUT2D eigenvalue weighted by atomic mass is 10.1. The van der Waals surface area contributed by atoms with E-state index in [0.29, 0.717) is 17.5 Å². The second kappa shape index (κ2) is 9.52. The summed E-state index contributed by atoms with van der Waals surface area (Å²) in [7, 11) is 3.54. The third kappa shape index (κ3) is 4.38. The summed E-state index contributed by atoms with van der Waals surface area (Å²) in [6.45, 7) is 8.21. The number of pyridine rings is 1. The van der Waals surface area contributed by atoms with Crippen LogP contribution in [0, 0.1) is 0 Å². The van der Waals surface area contributed by atoms with Crippen LogP contribution in [0.1, 0.15) is 43.2 Å². The molecule has 4 heterocycles. The minimum atomic E-state index is -0.0328. The van der Waals surface area contributed by atoms with E-state index >= 15 is 0 Å². The number of fused-ring (bicyclic) bond motifs is 1. The molecular formula is C23H32N8O. The molecule has 9 heteroatoms. The summed E-state index contributed by atoms with van der Waals surface area (Å²) in [6, 6.07) is 6.09. The highest BCUT2D eigenvalue weighted by atomic mass is 16.2. The number of hydrogen-bond acceptors (Lipinski definition) is 7. The maximum Gasteiger partial charge on any atom is 0.270 e. The van der Waals surface area contributed by atoms with E-state index in [1.54, 1.807) is 25.2 Å². The maximum absolute atomic E-state index is 12.8. The van der Waals surface area contributed by atoms with E-state index in [2.05, 4.69) is 50.0 Å². The van der Waals surface area contributed by atoms with Crippen molar-refractivity contribution < 1.29 is 4.79 Å². The van der Waals surface area contributed by atoms with E-state index in [-0.39, 0.29) is 11.9 Å². The number of nitrogens with zero attached hydrogens (tertiary/aromatic N) is 6. The van der Waals surface area contributed by atoms with Crippen molar-refractivity contribution in [2.24, 2.45) is 0 Å². The third-order valence-electron chi connectivity index (χ3n) is 5.98. The zero-order valence-electron chi connectivity index (χ0n) is 19.3. The zero-order chi connectivity index (χ0) is 22.7. The van der Waals surface area contributed by atoms with Crippen molar-refractivity contribution >= 4 is 34.4 Å². The van der Waals surface area contributed by atoms with Gasteiger partial charge in [-0.2, -0.15) is 4.98 Å². The first kappa shape index (κ1) is 22.0. The lowest BCUT2D eigenvalue weighted by Gasteiger charge is -2.29. The Morgan fingerprint density at radius 1 is 1.16 bits per heavy atom. The van der Waals surface area contributed by atoms with Crippen LogP contribution in [0.2, 0.25) is 0 Å². The average molecular weight is 437 g/mol. The fourth-order valence-electron chi connectivity index (χ4n) is 4.17. The first-order chi connectivity index (χ1) is 15.5. The highest BCUT2D eigenvalue weighted by molar-refractivity contribution is 5.97. The quantitative estimate of drug-likeness (QED) is 0.588. The molecule has 3 aromatic rings. The van der Waals surface area contributed by atoms with E-state index in [9.17, 15) is 4.79 Å². The Morgan fingerprint density at radius 3 is 2.53 bits per heavy atom. The summed E-state index contributed by atoms with van der Waals surface area (Å²) in [5.41, 5.74) is 2.52. The van der Waals surface area contributed by atoms with Crippen LogP contribution >= 0.6 is 0 Å². The van der Waals surface area contributed by atoms with Crippen LogP contribution in [0.5, 0.6) is 0 Å². The maximum atomic E-state index is 12.8. The number of anilines is 3. The molecule has 1 aliphatic rings. The molecule has 0 spiro atoms. The second-order valence-corrected chi connectivity index (χ2v) is 8.31. The van der Waals surface area contributed by atoms with Crippen molar-refractivity contribution in [3.63, 3.8) is 0 Å². The third-order valence-corrected chi connectivity index (χ3v) is 5.98. The molecule has 0 aliphatic carbocycles. The number of aromatic nitrogens is 4. The molecule has 4 rings (SSSR count). The van der Waals surface area contributed by atoms with Gasteiger partial charge in [0.15, 0.2) is 0 Å². The number of amides is 1. The molecule has 0 saturated carbocycles. The van der Waals surface area contributed by atoms with Crippen molar-refractivity contribution in [2.45, 2.75) is 32.7 Å². The number of carbonyl (C=O) groups excluding carboxylic acids is 1. The summed E-state index contributed by atoms with van der Waals surface area (Å²) in [6.07, 6.45) is 5.48. The van der Waals surface area contributed by atoms with Crippen LogP contribution in [-0.4, -0.2) is 70.6 Å². The van der Waals surface area contributed by atoms with Crippen molar-refractivity contribution in [1.29, 1.82) is 0 Å². The van der Waals surface area contributed by atoms with E-state index in [0.717, 1.165) is 55.7 Å². The Balaban J connectivity index is 1.64. The van der Waals surface area contributed by atoms with Gasteiger partial charge in [0, 0.05) is 57.9 Å². The van der Waals surface area contributed by atoms with Crippen LogP contribution in [0.4, 0.5) is 17.5 Å². The predicted molar refractivity (Wildman–Crippen MR) is 128 cm³/mol. The molecule has 0 unspecified atom stereocenters. The highest BCUT2D eigenvalue weighted by Crippen LogP contribution is 2.28. The Bertz CT molecular complexity index is 1070. The van der Waals surface area contributed by atoms with Gasteiger partial charge < -0.3 is 25.0 Å². The largest absolute Gasteiger partial charge is 0.368 e. The van der Waals surface area contributed by atoms with Crippen molar-refractivity contribution in [3.8, 4) is 0 Å². The molecule has 1 fully saturated rings. The van der Waals surface area contributed by atoms with E-state index in [1.807, 2.05) is 18.3 Å². The van der Waals surface area contributed by atoms with Gasteiger partial charge in [-0.3, -0.25) is 4.79 Å². The molecule has 2 N–H and O–H groups in total. The molecule has 1 amide bonds. The van der Waals surface area contributed by atoms with Gasteiger partial charge in [0.25, 0.3) is 5.91 Å². The molecule has 32 heavy (non-hydrogen) atoms. The number of nitrogens with one attached hydrogen (secondary N) is 2. The van der Waals surface area contributed by atoms with E-state index < -0.39 is 0 Å². The number of carbonyl (C=O) groups is 1. The normalized spacial score (nSPS) is 14.2. The molecule has 0 radical (unpaired) electrons. The minimum absolute atomic E-state index is 0.0328. The first-order valence-electron chi connectivity index (χ1n) is 11.3. The summed E-state index contributed by atoms with van der Waals surface area (Å²) in [5, 5.41) is 7.43. The van der Waals surface area contributed by atoms with Gasteiger partial charge >= 0.3 is 0 Å². The molecule has 0 atom stereocenters. The molecule has 0 aromatic carbocycles. The van der Waals surface area contributed by atoms with Gasteiger partial charge in [-0.1, -0.05) is 13.8 Å². The number of piperazine rings is 1. The molecular weight excluding hydrogens is 404 g/mol. The molecule has 0 bridgehead atoms. The number of hydrogen-bond donors (Lipinski definition) is 2. The monoisotopic (exact) mass is 436 g/mol. The SMILES string of the molecule is CCC(CC)n1c(C(=O)N(C)C)cc2cnc(Nc3ccc(N4CCNCC4)cn3)nc21. The van der Waals surface area contributed by atoms with Gasteiger partial charge in [0.1, 0.15) is 17.2 Å². The van der Waals surface area contributed by atoms with Crippen LogP contribution in [-0.2, 0) is 0 Å². The first-order valence-corrected chi connectivity index (χ1v) is 11.3. The van der Waals surface area contributed by atoms with Crippen LogP contribution in [0.3, 0.4) is 0 Å². The fraction of sp³-hybridized carbons (Fsp3) is 0.478. The topological polar surface area (TPSA) is 91.2 Å². The smallest absolute Gasteiger partial charge is 0.270 e. The predicted octanol–water partition coefficient (Wildman–Crippen LogP) is 3.04. The summed E-state index contributed by atoms with van der Waals surface area (Å²) in [4.78, 5) is 30.5. The molecule has 170 valence electrons. The van der Waals surface area contributed by atoms with Gasteiger partial charge in [-0.05, 0) is 31.0 Å². The number of rotatable bonds is 7. The van der Waals surface area contributed by atoms with Gasteiger partial charge in [-0.15, -0.1) is 0 Å². The Labute approximate surface area is 188 Å². The molecule has 9 nitrogen and oxygen atoms in total. The van der Waals surface area contributed by atoms with Crippen LogP contribution in [0.15, 0.2) is 30.6 Å². The van der Waals surface area contributed by atoms with Gasteiger partial charge in [-0.25, -0.2) is 9.97 Å². The van der Waals surface area contributed by atoms with Crippen molar-refractivity contribution in [2.75, 3.05) is 50.5 Å².